The number of anilines is 1. The lowest BCUT2D eigenvalue weighted by atomic mass is 10.1. The third kappa shape index (κ3) is 5.12. The van der Waals surface area contributed by atoms with E-state index in [0.717, 1.165) is 11.1 Å². The molecule has 0 saturated carbocycles. The summed E-state index contributed by atoms with van der Waals surface area (Å²) < 4.78 is 0. The van der Waals surface area contributed by atoms with Crippen molar-refractivity contribution in [1.82, 2.24) is 5.43 Å². The van der Waals surface area contributed by atoms with Gasteiger partial charge in [-0.2, -0.15) is 5.10 Å². The summed E-state index contributed by atoms with van der Waals surface area (Å²) in [6.45, 7) is 2.01. The Balaban J connectivity index is 1.57. The maximum absolute atomic E-state index is 12.1. The van der Waals surface area contributed by atoms with Gasteiger partial charge in [-0.15, -0.1) is 0 Å². The number of hydrazone groups is 1. The fourth-order valence-corrected chi connectivity index (χ4v) is 2.38. The van der Waals surface area contributed by atoms with E-state index in [1.807, 2.05) is 37.3 Å². The Kier molecular flexibility index (Phi) is 5.74. The van der Waals surface area contributed by atoms with E-state index in [4.69, 9.17) is 0 Å². The molecule has 0 unspecified atom stereocenters. The van der Waals surface area contributed by atoms with Gasteiger partial charge >= 0.3 is 0 Å². The minimum absolute atomic E-state index is 0.199. The van der Waals surface area contributed by atoms with Crippen LogP contribution in [0.2, 0.25) is 0 Å². The van der Waals surface area contributed by atoms with Crippen LogP contribution in [-0.4, -0.2) is 18.0 Å². The Labute approximate surface area is 157 Å². The highest BCUT2D eigenvalue weighted by Gasteiger charge is 2.07. The van der Waals surface area contributed by atoms with Crippen LogP contribution >= 0.6 is 0 Å². The number of rotatable bonds is 5. The molecule has 3 aromatic carbocycles. The molecule has 2 amide bonds. The van der Waals surface area contributed by atoms with Gasteiger partial charge in [-0.3, -0.25) is 9.59 Å². The van der Waals surface area contributed by atoms with Crippen molar-refractivity contribution in [3.05, 3.63) is 101 Å². The molecule has 2 N–H and O–H groups in total. The molecule has 3 rings (SSSR count). The molecular weight excluding hydrogens is 338 g/mol. The molecular formula is C22H19N3O2. The number of amides is 2. The molecule has 0 aliphatic rings. The monoisotopic (exact) mass is 357 g/mol. The molecule has 3 aromatic rings. The number of nitrogens with one attached hydrogen (secondary N) is 2. The molecule has 0 atom stereocenters. The molecule has 0 spiro atoms. The number of carbonyl (C=O) groups excluding carboxylic acids is 2. The number of aryl methyl sites for hydroxylation is 1. The van der Waals surface area contributed by atoms with E-state index >= 15 is 0 Å². The highest BCUT2D eigenvalue weighted by atomic mass is 16.2. The number of hydrogen-bond acceptors (Lipinski definition) is 3. The van der Waals surface area contributed by atoms with Crippen LogP contribution in [0.1, 0.15) is 31.8 Å². The number of carbonyl (C=O) groups is 2. The summed E-state index contributed by atoms with van der Waals surface area (Å²) >= 11 is 0. The Morgan fingerprint density at radius 1 is 0.778 bits per heavy atom. The topological polar surface area (TPSA) is 70.6 Å². The first kappa shape index (κ1) is 18.1. The van der Waals surface area contributed by atoms with E-state index in [2.05, 4.69) is 15.8 Å². The van der Waals surface area contributed by atoms with Crippen LogP contribution in [-0.2, 0) is 0 Å². The molecule has 0 radical (unpaired) electrons. The van der Waals surface area contributed by atoms with E-state index in [1.54, 1.807) is 54.7 Å². The zero-order chi connectivity index (χ0) is 19.1. The second-order valence-electron chi connectivity index (χ2n) is 6.01. The van der Waals surface area contributed by atoms with Crippen molar-refractivity contribution in [3.63, 3.8) is 0 Å². The molecule has 0 bridgehead atoms. The minimum Gasteiger partial charge on any atom is -0.322 e. The molecule has 134 valence electrons. The predicted molar refractivity (Wildman–Crippen MR) is 107 cm³/mol. The van der Waals surface area contributed by atoms with Gasteiger partial charge in [0.1, 0.15) is 0 Å². The largest absolute Gasteiger partial charge is 0.322 e. The fourth-order valence-electron chi connectivity index (χ4n) is 2.38. The number of benzene rings is 3. The van der Waals surface area contributed by atoms with E-state index in [0.29, 0.717) is 16.8 Å². The second kappa shape index (κ2) is 8.58. The molecule has 5 heteroatoms. The lowest BCUT2D eigenvalue weighted by Gasteiger charge is -2.06. The van der Waals surface area contributed by atoms with Gasteiger partial charge in [0, 0.05) is 16.8 Å². The van der Waals surface area contributed by atoms with Crippen molar-refractivity contribution >= 4 is 23.7 Å². The lowest BCUT2D eigenvalue weighted by molar-refractivity contribution is 0.0954. The highest BCUT2D eigenvalue weighted by molar-refractivity contribution is 6.04. The van der Waals surface area contributed by atoms with Crippen LogP contribution in [0.5, 0.6) is 0 Å². The van der Waals surface area contributed by atoms with E-state index in [-0.39, 0.29) is 11.8 Å². The third-order valence-electron chi connectivity index (χ3n) is 3.90. The molecule has 0 aliphatic heterocycles. The summed E-state index contributed by atoms with van der Waals surface area (Å²) in [6, 6.07) is 23.4. The zero-order valence-electron chi connectivity index (χ0n) is 14.8. The number of nitrogens with zero attached hydrogens (tertiary/aromatic N) is 1. The second-order valence-corrected chi connectivity index (χ2v) is 6.01. The molecule has 27 heavy (non-hydrogen) atoms. The van der Waals surface area contributed by atoms with Crippen LogP contribution in [0, 0.1) is 6.92 Å². The van der Waals surface area contributed by atoms with E-state index < -0.39 is 0 Å². The summed E-state index contributed by atoms with van der Waals surface area (Å²) in [5.41, 5.74) is 6.20. The van der Waals surface area contributed by atoms with Crippen molar-refractivity contribution < 1.29 is 9.59 Å². The van der Waals surface area contributed by atoms with Crippen LogP contribution in [0.4, 0.5) is 5.69 Å². The molecule has 0 aromatic heterocycles. The first-order valence-electron chi connectivity index (χ1n) is 8.48. The average molecular weight is 357 g/mol. The Morgan fingerprint density at radius 2 is 1.41 bits per heavy atom. The van der Waals surface area contributed by atoms with Gasteiger partial charge in [-0.1, -0.05) is 48.0 Å². The highest BCUT2D eigenvalue weighted by Crippen LogP contribution is 2.11. The van der Waals surface area contributed by atoms with Gasteiger partial charge < -0.3 is 5.32 Å². The first-order valence-corrected chi connectivity index (χ1v) is 8.48. The Bertz CT molecular complexity index is 947. The fraction of sp³-hybridized carbons (Fsp3) is 0.0455. The average Bonchev–Trinajstić information content (AvgIpc) is 2.70. The maximum atomic E-state index is 12.1. The van der Waals surface area contributed by atoms with Crippen LogP contribution in [0.25, 0.3) is 0 Å². The van der Waals surface area contributed by atoms with Crippen molar-refractivity contribution in [2.45, 2.75) is 6.92 Å². The summed E-state index contributed by atoms with van der Waals surface area (Å²) in [4.78, 5) is 24.3. The Morgan fingerprint density at radius 3 is 2.07 bits per heavy atom. The predicted octanol–water partition coefficient (Wildman–Crippen LogP) is 4.01. The van der Waals surface area contributed by atoms with Crippen molar-refractivity contribution in [2.75, 3.05) is 5.32 Å². The van der Waals surface area contributed by atoms with Gasteiger partial charge in [0.05, 0.1) is 6.21 Å². The van der Waals surface area contributed by atoms with Crippen LogP contribution < -0.4 is 10.7 Å². The van der Waals surface area contributed by atoms with Crippen molar-refractivity contribution in [2.24, 2.45) is 5.10 Å². The van der Waals surface area contributed by atoms with E-state index in [9.17, 15) is 9.59 Å². The maximum Gasteiger partial charge on any atom is 0.271 e. The molecule has 0 aliphatic carbocycles. The van der Waals surface area contributed by atoms with Crippen molar-refractivity contribution in [3.8, 4) is 0 Å². The molecule has 5 nitrogen and oxygen atoms in total. The molecule has 0 fully saturated rings. The summed E-state index contributed by atoms with van der Waals surface area (Å²) in [5, 5.41) is 6.76. The van der Waals surface area contributed by atoms with Crippen LogP contribution in [0.3, 0.4) is 0 Å². The standard InChI is InChI=1S/C22H19N3O2/c1-16-7-9-17(10-8-16)15-23-25-22(27)19-11-13-20(14-12-19)24-21(26)18-5-3-2-4-6-18/h2-15H,1H3,(H,24,26)(H,25,27)/b23-15-. The smallest absolute Gasteiger partial charge is 0.271 e. The summed E-state index contributed by atoms with van der Waals surface area (Å²) in [5.74, 6) is -0.519. The lowest BCUT2D eigenvalue weighted by Crippen LogP contribution is -2.17. The van der Waals surface area contributed by atoms with Gasteiger partial charge in [0.25, 0.3) is 11.8 Å². The van der Waals surface area contributed by atoms with Gasteiger partial charge in [-0.05, 0) is 48.9 Å². The van der Waals surface area contributed by atoms with Crippen LogP contribution in [0.15, 0.2) is 84.0 Å². The SMILES string of the molecule is Cc1ccc(/C=N\NC(=O)c2ccc(NC(=O)c3ccccc3)cc2)cc1. The van der Waals surface area contributed by atoms with E-state index in [1.165, 1.54) is 0 Å². The minimum atomic E-state index is -0.320. The van der Waals surface area contributed by atoms with Crippen molar-refractivity contribution in [1.29, 1.82) is 0 Å². The quantitative estimate of drug-likeness (QED) is 0.535. The molecule has 0 saturated heterocycles. The van der Waals surface area contributed by atoms with Gasteiger partial charge in [0.2, 0.25) is 0 Å². The normalized spacial score (nSPS) is 10.6. The summed E-state index contributed by atoms with van der Waals surface area (Å²) in [7, 11) is 0. The third-order valence-corrected chi connectivity index (χ3v) is 3.90. The summed E-state index contributed by atoms with van der Waals surface area (Å²) in [6.07, 6.45) is 1.59. The molecule has 0 heterocycles. The Hall–Kier alpha value is -3.73. The van der Waals surface area contributed by atoms with Gasteiger partial charge in [0.15, 0.2) is 0 Å². The number of hydrogen-bond donors (Lipinski definition) is 2. The van der Waals surface area contributed by atoms with Gasteiger partial charge in [-0.25, -0.2) is 5.43 Å². The zero-order valence-corrected chi connectivity index (χ0v) is 14.8. The first-order chi connectivity index (χ1) is 13.1.